The van der Waals surface area contributed by atoms with Gasteiger partial charge in [0.15, 0.2) is 0 Å². The molecule has 4 nitrogen and oxygen atoms in total. The van der Waals surface area contributed by atoms with Gasteiger partial charge in [0.25, 0.3) is 0 Å². The van der Waals surface area contributed by atoms with Crippen LogP contribution >= 0.6 is 0 Å². The van der Waals surface area contributed by atoms with Crippen LogP contribution in [0.1, 0.15) is 26.2 Å². The van der Waals surface area contributed by atoms with Crippen LogP contribution in [0.3, 0.4) is 0 Å². The second-order valence-corrected chi connectivity index (χ2v) is 4.63. The van der Waals surface area contributed by atoms with Gasteiger partial charge in [-0.25, -0.2) is 0 Å². The number of hydrogen-bond donors (Lipinski definition) is 0. The van der Waals surface area contributed by atoms with Crippen LogP contribution in [0, 0.1) is 5.92 Å². The SMILES string of the molecule is CCOC(=O)C1CCCN1CC1CCOC1. The Morgan fingerprint density at radius 3 is 3.06 bits per heavy atom. The Kier molecular flexibility index (Phi) is 4.18. The van der Waals surface area contributed by atoms with Gasteiger partial charge in [-0.2, -0.15) is 0 Å². The van der Waals surface area contributed by atoms with Crippen molar-refractivity contribution < 1.29 is 14.3 Å². The lowest BCUT2D eigenvalue weighted by molar-refractivity contribution is -0.148. The minimum Gasteiger partial charge on any atom is -0.465 e. The molecule has 2 saturated heterocycles. The highest BCUT2D eigenvalue weighted by Gasteiger charge is 2.33. The first-order valence-corrected chi connectivity index (χ1v) is 6.29. The molecule has 0 saturated carbocycles. The largest absolute Gasteiger partial charge is 0.465 e. The topological polar surface area (TPSA) is 38.8 Å². The molecule has 2 fully saturated rings. The molecular weight excluding hydrogens is 206 g/mol. The second-order valence-electron chi connectivity index (χ2n) is 4.63. The van der Waals surface area contributed by atoms with Crippen molar-refractivity contribution >= 4 is 5.97 Å². The van der Waals surface area contributed by atoms with E-state index < -0.39 is 0 Å². The zero-order valence-electron chi connectivity index (χ0n) is 9.98. The third-order valence-electron chi connectivity index (χ3n) is 3.44. The van der Waals surface area contributed by atoms with Gasteiger partial charge in [0.2, 0.25) is 0 Å². The standard InChI is InChI=1S/C12H21NO3/c1-2-16-12(14)11-4-3-6-13(11)8-10-5-7-15-9-10/h10-11H,2-9H2,1H3. The normalized spacial score (nSPS) is 30.8. The molecule has 2 rings (SSSR count). The van der Waals surface area contributed by atoms with Crippen LogP contribution in [0.5, 0.6) is 0 Å². The number of ether oxygens (including phenoxy) is 2. The molecule has 0 N–H and O–H groups in total. The molecule has 2 unspecified atom stereocenters. The molecule has 16 heavy (non-hydrogen) atoms. The Labute approximate surface area is 96.9 Å². The fourth-order valence-electron chi connectivity index (χ4n) is 2.61. The quantitative estimate of drug-likeness (QED) is 0.673. The molecule has 2 aliphatic heterocycles. The van der Waals surface area contributed by atoms with E-state index in [0.717, 1.165) is 45.6 Å². The predicted octanol–water partition coefficient (Wildman–Crippen LogP) is 1.05. The van der Waals surface area contributed by atoms with Crippen molar-refractivity contribution in [3.05, 3.63) is 0 Å². The highest BCUT2D eigenvalue weighted by atomic mass is 16.5. The number of carbonyl (C=O) groups excluding carboxylic acids is 1. The zero-order chi connectivity index (χ0) is 11.4. The molecular formula is C12H21NO3. The molecule has 2 aliphatic rings. The van der Waals surface area contributed by atoms with Crippen molar-refractivity contribution in [3.8, 4) is 0 Å². The number of nitrogens with zero attached hydrogens (tertiary/aromatic N) is 1. The van der Waals surface area contributed by atoms with Crippen LogP contribution in [0.15, 0.2) is 0 Å². The summed E-state index contributed by atoms with van der Waals surface area (Å²) in [5.41, 5.74) is 0. The van der Waals surface area contributed by atoms with Gasteiger partial charge in [0.1, 0.15) is 6.04 Å². The molecule has 0 aromatic heterocycles. The predicted molar refractivity (Wildman–Crippen MR) is 60.2 cm³/mol. The first-order chi connectivity index (χ1) is 7.81. The highest BCUT2D eigenvalue weighted by molar-refractivity contribution is 5.76. The molecule has 2 heterocycles. The molecule has 0 aromatic rings. The maximum Gasteiger partial charge on any atom is 0.323 e. The molecule has 4 heteroatoms. The molecule has 0 radical (unpaired) electrons. The van der Waals surface area contributed by atoms with Crippen molar-refractivity contribution in [3.63, 3.8) is 0 Å². The fraction of sp³-hybridized carbons (Fsp3) is 0.917. The van der Waals surface area contributed by atoms with Crippen molar-refractivity contribution in [1.82, 2.24) is 4.90 Å². The molecule has 0 spiro atoms. The molecule has 92 valence electrons. The number of carbonyl (C=O) groups is 1. The molecule has 0 aliphatic carbocycles. The van der Waals surface area contributed by atoms with Crippen molar-refractivity contribution in [1.29, 1.82) is 0 Å². The number of likely N-dealkylation sites (tertiary alicyclic amines) is 1. The Morgan fingerprint density at radius 1 is 1.50 bits per heavy atom. The van der Waals surface area contributed by atoms with Gasteiger partial charge < -0.3 is 9.47 Å². The number of esters is 1. The van der Waals surface area contributed by atoms with Gasteiger partial charge in [0.05, 0.1) is 13.2 Å². The van der Waals surface area contributed by atoms with E-state index in [2.05, 4.69) is 4.90 Å². The van der Waals surface area contributed by atoms with Crippen LogP contribution in [0.2, 0.25) is 0 Å². The van der Waals surface area contributed by atoms with Gasteiger partial charge >= 0.3 is 5.97 Å². The van der Waals surface area contributed by atoms with E-state index in [1.165, 1.54) is 0 Å². The fourth-order valence-corrected chi connectivity index (χ4v) is 2.61. The summed E-state index contributed by atoms with van der Waals surface area (Å²) in [5.74, 6) is 0.564. The van der Waals surface area contributed by atoms with Gasteiger partial charge in [-0.3, -0.25) is 9.69 Å². The highest BCUT2D eigenvalue weighted by Crippen LogP contribution is 2.22. The van der Waals surface area contributed by atoms with E-state index in [1.807, 2.05) is 6.92 Å². The van der Waals surface area contributed by atoms with Gasteiger partial charge in [0, 0.05) is 13.2 Å². The van der Waals surface area contributed by atoms with Crippen LogP contribution < -0.4 is 0 Å². The summed E-state index contributed by atoms with van der Waals surface area (Å²) in [7, 11) is 0. The lowest BCUT2D eigenvalue weighted by atomic mass is 10.1. The number of hydrogen-bond acceptors (Lipinski definition) is 4. The summed E-state index contributed by atoms with van der Waals surface area (Å²) in [6.45, 7) is 6.09. The summed E-state index contributed by atoms with van der Waals surface area (Å²) >= 11 is 0. The van der Waals surface area contributed by atoms with E-state index in [0.29, 0.717) is 12.5 Å². The monoisotopic (exact) mass is 227 g/mol. The second kappa shape index (κ2) is 5.64. The van der Waals surface area contributed by atoms with Crippen LogP contribution in [0.25, 0.3) is 0 Å². The lowest BCUT2D eigenvalue weighted by Gasteiger charge is -2.25. The average Bonchev–Trinajstić information content (AvgIpc) is 2.90. The van der Waals surface area contributed by atoms with E-state index >= 15 is 0 Å². The summed E-state index contributed by atoms with van der Waals surface area (Å²) < 4.78 is 10.5. The lowest BCUT2D eigenvalue weighted by Crippen LogP contribution is -2.40. The molecule has 0 bridgehead atoms. The van der Waals surface area contributed by atoms with E-state index in [9.17, 15) is 4.79 Å². The zero-order valence-corrected chi connectivity index (χ0v) is 9.98. The maximum absolute atomic E-state index is 11.7. The summed E-state index contributed by atoms with van der Waals surface area (Å²) in [6, 6.07) is 0.000509. The third kappa shape index (κ3) is 2.74. The Hall–Kier alpha value is -0.610. The summed E-state index contributed by atoms with van der Waals surface area (Å²) in [5, 5.41) is 0. The number of rotatable bonds is 4. The minimum atomic E-state index is -0.0427. The first kappa shape index (κ1) is 11.9. The first-order valence-electron chi connectivity index (χ1n) is 6.29. The van der Waals surface area contributed by atoms with Crippen LogP contribution in [-0.2, 0) is 14.3 Å². The average molecular weight is 227 g/mol. The minimum absolute atomic E-state index is 0.000509. The summed E-state index contributed by atoms with van der Waals surface area (Å²) in [4.78, 5) is 14.0. The van der Waals surface area contributed by atoms with E-state index in [1.54, 1.807) is 0 Å². The van der Waals surface area contributed by atoms with E-state index in [-0.39, 0.29) is 12.0 Å². The van der Waals surface area contributed by atoms with Gasteiger partial charge in [-0.1, -0.05) is 0 Å². The van der Waals surface area contributed by atoms with Crippen LogP contribution in [0.4, 0.5) is 0 Å². The van der Waals surface area contributed by atoms with Crippen molar-refractivity contribution in [2.24, 2.45) is 5.92 Å². The maximum atomic E-state index is 11.7. The molecule has 0 aromatic carbocycles. The van der Waals surface area contributed by atoms with Crippen molar-refractivity contribution in [2.75, 3.05) is 32.9 Å². The van der Waals surface area contributed by atoms with Crippen molar-refractivity contribution in [2.45, 2.75) is 32.2 Å². The summed E-state index contributed by atoms with van der Waals surface area (Å²) in [6.07, 6.45) is 3.19. The van der Waals surface area contributed by atoms with Crippen LogP contribution in [-0.4, -0.2) is 49.8 Å². The smallest absolute Gasteiger partial charge is 0.323 e. The Balaban J connectivity index is 1.84. The van der Waals surface area contributed by atoms with Gasteiger partial charge in [-0.15, -0.1) is 0 Å². The molecule has 2 atom stereocenters. The van der Waals surface area contributed by atoms with E-state index in [4.69, 9.17) is 9.47 Å². The Bertz CT molecular complexity index is 238. The third-order valence-corrected chi connectivity index (χ3v) is 3.44. The Morgan fingerprint density at radius 2 is 2.38 bits per heavy atom. The molecule has 0 amide bonds. The van der Waals surface area contributed by atoms with Gasteiger partial charge in [-0.05, 0) is 38.6 Å².